The van der Waals surface area contributed by atoms with E-state index in [9.17, 15) is 9.59 Å². The molecule has 2 N–H and O–H groups in total. The van der Waals surface area contributed by atoms with Gasteiger partial charge in [-0.25, -0.2) is 9.59 Å². The Hall–Kier alpha value is -1.30. The summed E-state index contributed by atoms with van der Waals surface area (Å²) in [5, 5.41) is 11.5. The van der Waals surface area contributed by atoms with Crippen LogP contribution in [-0.2, 0) is 4.79 Å². The molecule has 0 bridgehead atoms. The number of hydrogen-bond acceptors (Lipinski definition) is 3. The molecule has 0 aromatic rings. The van der Waals surface area contributed by atoms with Crippen LogP contribution in [0.3, 0.4) is 0 Å². The molecule has 0 aromatic carbocycles. The van der Waals surface area contributed by atoms with Crippen LogP contribution in [0.2, 0.25) is 0 Å². The quantitative estimate of drug-likeness (QED) is 0.785. The summed E-state index contributed by atoms with van der Waals surface area (Å²) in [7, 11) is 0. The Kier molecular flexibility index (Phi) is 4.45. The van der Waals surface area contributed by atoms with Gasteiger partial charge in [0, 0.05) is 31.7 Å². The third kappa shape index (κ3) is 4.09. The molecule has 19 heavy (non-hydrogen) atoms. The molecule has 110 valence electrons. The molecule has 1 aliphatic heterocycles. The number of aliphatic carboxylic acids is 1. The predicted octanol–water partition coefficient (Wildman–Crippen LogP) is 0.975. The molecular weight excluding hydrogens is 246 g/mol. The van der Waals surface area contributed by atoms with E-state index < -0.39 is 11.5 Å². The van der Waals surface area contributed by atoms with E-state index in [1.54, 1.807) is 4.90 Å². The average Bonchev–Trinajstić information content (AvgIpc) is 2.27. The smallest absolute Gasteiger partial charge is 0.328 e. The predicted molar refractivity (Wildman–Crippen MR) is 73.1 cm³/mol. The average molecular weight is 271 g/mol. The molecule has 0 aliphatic carbocycles. The number of carboxylic acid groups (broad SMARTS) is 1. The van der Waals surface area contributed by atoms with Crippen LogP contribution in [0.1, 0.15) is 34.6 Å². The van der Waals surface area contributed by atoms with E-state index in [1.165, 1.54) is 13.8 Å². The lowest BCUT2D eigenvalue weighted by Crippen LogP contribution is -2.60. The summed E-state index contributed by atoms with van der Waals surface area (Å²) < 4.78 is 0. The summed E-state index contributed by atoms with van der Waals surface area (Å²) >= 11 is 0. The molecule has 6 nitrogen and oxygen atoms in total. The molecule has 1 aliphatic rings. The third-order valence-electron chi connectivity index (χ3n) is 3.47. The molecule has 6 heteroatoms. The Morgan fingerprint density at radius 2 is 1.47 bits per heavy atom. The van der Waals surface area contributed by atoms with E-state index in [0.29, 0.717) is 13.1 Å². The van der Waals surface area contributed by atoms with Gasteiger partial charge in [0.05, 0.1) is 0 Å². The van der Waals surface area contributed by atoms with E-state index in [-0.39, 0.29) is 11.6 Å². The first kappa shape index (κ1) is 15.8. The fraction of sp³-hybridized carbons (Fsp3) is 0.846. The molecule has 1 fully saturated rings. The van der Waals surface area contributed by atoms with Gasteiger partial charge in [-0.05, 0) is 34.6 Å². The molecule has 0 spiro atoms. The second-order valence-corrected chi connectivity index (χ2v) is 6.51. The number of rotatable bonds is 2. The molecule has 1 heterocycles. The van der Waals surface area contributed by atoms with Crippen molar-refractivity contribution in [3.8, 4) is 0 Å². The Morgan fingerprint density at radius 3 is 1.84 bits per heavy atom. The maximum atomic E-state index is 12.0. The van der Waals surface area contributed by atoms with E-state index in [2.05, 4.69) is 31.0 Å². The van der Waals surface area contributed by atoms with Crippen molar-refractivity contribution in [2.45, 2.75) is 45.7 Å². The van der Waals surface area contributed by atoms with Gasteiger partial charge in [0.15, 0.2) is 0 Å². The number of carbonyl (C=O) groups excluding carboxylic acids is 1. The van der Waals surface area contributed by atoms with E-state index in [0.717, 1.165) is 13.1 Å². The second-order valence-electron chi connectivity index (χ2n) is 6.51. The third-order valence-corrected chi connectivity index (χ3v) is 3.47. The summed E-state index contributed by atoms with van der Waals surface area (Å²) in [6, 6.07) is -0.305. The second kappa shape index (κ2) is 5.36. The monoisotopic (exact) mass is 271 g/mol. The number of hydrogen-bond donors (Lipinski definition) is 2. The van der Waals surface area contributed by atoms with Gasteiger partial charge in [-0.15, -0.1) is 0 Å². The van der Waals surface area contributed by atoms with Crippen LogP contribution >= 0.6 is 0 Å². The lowest BCUT2D eigenvalue weighted by Gasteiger charge is -2.42. The molecule has 0 unspecified atom stereocenters. The number of carboxylic acids is 1. The number of nitrogens with zero attached hydrogens (tertiary/aromatic N) is 2. The fourth-order valence-corrected chi connectivity index (χ4v) is 1.98. The van der Waals surface area contributed by atoms with Crippen LogP contribution in [0.25, 0.3) is 0 Å². The Morgan fingerprint density at radius 1 is 1.00 bits per heavy atom. The first-order valence-electron chi connectivity index (χ1n) is 6.59. The minimum absolute atomic E-state index is 0.100. The molecular formula is C13H25N3O3. The molecule has 0 aromatic heterocycles. The van der Waals surface area contributed by atoms with Gasteiger partial charge in [-0.1, -0.05) is 0 Å². The Bertz CT molecular complexity index is 353. The molecule has 1 rings (SSSR count). The largest absolute Gasteiger partial charge is 0.480 e. The summed E-state index contributed by atoms with van der Waals surface area (Å²) in [6.07, 6.45) is 0. The van der Waals surface area contributed by atoms with Crippen molar-refractivity contribution in [3.63, 3.8) is 0 Å². The molecule has 0 atom stereocenters. The fourth-order valence-electron chi connectivity index (χ4n) is 1.98. The van der Waals surface area contributed by atoms with Gasteiger partial charge >= 0.3 is 12.0 Å². The standard InChI is InChI=1S/C13H25N3O3/c1-12(2,3)16-8-6-15(7-9-16)11(19)14-13(4,5)10(17)18/h6-9H2,1-5H3,(H,14,19)(H,17,18). The van der Waals surface area contributed by atoms with Gasteiger partial charge in [0.1, 0.15) is 5.54 Å². The maximum Gasteiger partial charge on any atom is 0.328 e. The lowest BCUT2D eigenvalue weighted by atomic mass is 10.0. The highest BCUT2D eigenvalue weighted by Crippen LogP contribution is 2.16. The molecule has 0 saturated carbocycles. The van der Waals surface area contributed by atoms with Gasteiger partial charge in [-0.2, -0.15) is 0 Å². The zero-order valence-corrected chi connectivity index (χ0v) is 12.5. The number of piperazine rings is 1. The minimum atomic E-state index is -1.24. The number of nitrogens with one attached hydrogen (secondary N) is 1. The van der Waals surface area contributed by atoms with Crippen molar-refractivity contribution >= 4 is 12.0 Å². The zero-order valence-electron chi connectivity index (χ0n) is 12.5. The van der Waals surface area contributed by atoms with Crippen LogP contribution in [0.15, 0.2) is 0 Å². The van der Waals surface area contributed by atoms with Crippen molar-refractivity contribution in [2.24, 2.45) is 0 Å². The van der Waals surface area contributed by atoms with Gasteiger partial charge in [0.2, 0.25) is 0 Å². The van der Waals surface area contributed by atoms with Crippen LogP contribution in [0.4, 0.5) is 4.79 Å². The Labute approximate surface area is 114 Å². The number of carbonyl (C=O) groups is 2. The summed E-state index contributed by atoms with van der Waals surface area (Å²) in [4.78, 5) is 27.0. The topological polar surface area (TPSA) is 72.9 Å². The highest BCUT2D eigenvalue weighted by Gasteiger charge is 2.33. The van der Waals surface area contributed by atoms with Gasteiger partial charge in [0.25, 0.3) is 0 Å². The first-order valence-corrected chi connectivity index (χ1v) is 6.59. The summed E-state index contributed by atoms with van der Waals surface area (Å²) in [5.41, 5.74) is -1.14. The first-order chi connectivity index (χ1) is 8.54. The highest BCUT2D eigenvalue weighted by atomic mass is 16.4. The molecule has 0 radical (unpaired) electrons. The SMILES string of the molecule is CC(C)(NC(=O)N1CCN(C(C)(C)C)CC1)C(=O)O. The van der Waals surface area contributed by atoms with E-state index in [1.807, 2.05) is 0 Å². The molecule has 2 amide bonds. The summed E-state index contributed by atoms with van der Waals surface area (Å²) in [5.74, 6) is -1.03. The van der Waals surface area contributed by atoms with Crippen molar-refractivity contribution in [3.05, 3.63) is 0 Å². The van der Waals surface area contributed by atoms with Gasteiger partial charge in [-0.3, -0.25) is 4.90 Å². The maximum absolute atomic E-state index is 12.0. The van der Waals surface area contributed by atoms with Crippen molar-refractivity contribution < 1.29 is 14.7 Å². The van der Waals surface area contributed by atoms with Crippen molar-refractivity contribution in [2.75, 3.05) is 26.2 Å². The van der Waals surface area contributed by atoms with Crippen molar-refractivity contribution in [1.29, 1.82) is 0 Å². The van der Waals surface area contributed by atoms with Crippen LogP contribution < -0.4 is 5.32 Å². The minimum Gasteiger partial charge on any atom is -0.480 e. The lowest BCUT2D eigenvalue weighted by molar-refractivity contribution is -0.143. The number of amides is 2. The Balaban J connectivity index is 2.52. The van der Waals surface area contributed by atoms with Crippen molar-refractivity contribution in [1.82, 2.24) is 15.1 Å². The van der Waals surface area contributed by atoms with E-state index >= 15 is 0 Å². The summed E-state index contributed by atoms with van der Waals surface area (Å²) in [6.45, 7) is 12.3. The van der Waals surface area contributed by atoms with Crippen LogP contribution in [0, 0.1) is 0 Å². The zero-order chi connectivity index (χ0) is 14.8. The molecule has 1 saturated heterocycles. The number of urea groups is 1. The normalized spacial score (nSPS) is 18.3. The van der Waals surface area contributed by atoms with E-state index in [4.69, 9.17) is 5.11 Å². The van der Waals surface area contributed by atoms with Crippen LogP contribution in [-0.4, -0.2) is 64.2 Å². The highest BCUT2D eigenvalue weighted by molar-refractivity contribution is 5.85. The van der Waals surface area contributed by atoms with Gasteiger partial charge < -0.3 is 15.3 Å². The van der Waals surface area contributed by atoms with Crippen LogP contribution in [0.5, 0.6) is 0 Å².